The molecule has 0 aliphatic carbocycles. The molecule has 2 aromatic carbocycles. The van der Waals surface area contributed by atoms with E-state index in [0.29, 0.717) is 5.69 Å². The van der Waals surface area contributed by atoms with E-state index in [1.54, 1.807) is 4.90 Å². The maximum absolute atomic E-state index is 12.7. The molecule has 1 unspecified atom stereocenters. The number of non-ortho nitro benzene ring substituents is 1. The summed E-state index contributed by atoms with van der Waals surface area (Å²) < 4.78 is 5.14. The third-order valence-electron chi connectivity index (χ3n) is 4.95. The number of benzene rings is 2. The second kappa shape index (κ2) is 7.67. The van der Waals surface area contributed by atoms with Crippen LogP contribution in [0.15, 0.2) is 36.4 Å². The van der Waals surface area contributed by atoms with E-state index in [0.717, 1.165) is 16.8 Å². The summed E-state index contributed by atoms with van der Waals surface area (Å²) in [4.78, 5) is 37.1. The van der Waals surface area contributed by atoms with Gasteiger partial charge in [-0.3, -0.25) is 19.7 Å². The van der Waals surface area contributed by atoms with Crippen molar-refractivity contribution in [1.82, 2.24) is 0 Å². The number of nitro groups is 1. The number of nitro benzene ring substituents is 1. The van der Waals surface area contributed by atoms with Crippen molar-refractivity contribution >= 4 is 28.9 Å². The summed E-state index contributed by atoms with van der Waals surface area (Å²) in [6.45, 7) is 4.26. The lowest BCUT2D eigenvalue weighted by Gasteiger charge is -2.18. The fraction of sp³-hybridized carbons (Fsp3) is 0.300. The number of anilines is 2. The summed E-state index contributed by atoms with van der Waals surface area (Å²) in [6, 6.07) is 9.72. The monoisotopic (exact) mass is 383 g/mol. The van der Waals surface area contributed by atoms with Crippen LogP contribution in [0.5, 0.6) is 5.75 Å². The van der Waals surface area contributed by atoms with Gasteiger partial charge in [-0.25, -0.2) is 0 Å². The predicted octanol–water partition coefficient (Wildman–Crippen LogP) is 3.21. The number of nitrogens with zero attached hydrogens (tertiary/aromatic N) is 2. The molecular formula is C20H21N3O5. The van der Waals surface area contributed by atoms with Gasteiger partial charge in [-0.15, -0.1) is 0 Å². The molecule has 8 heteroatoms. The molecule has 146 valence electrons. The second-order valence-electron chi connectivity index (χ2n) is 6.80. The average Bonchev–Trinajstić information content (AvgIpc) is 3.06. The van der Waals surface area contributed by atoms with E-state index in [-0.39, 0.29) is 36.2 Å². The smallest absolute Gasteiger partial charge is 0.273 e. The van der Waals surface area contributed by atoms with Crippen molar-refractivity contribution in [2.24, 2.45) is 5.92 Å². The van der Waals surface area contributed by atoms with Crippen LogP contribution in [0.4, 0.5) is 17.1 Å². The topological polar surface area (TPSA) is 102 Å². The first kappa shape index (κ1) is 19.3. The minimum absolute atomic E-state index is 0.105. The van der Waals surface area contributed by atoms with Crippen LogP contribution >= 0.6 is 0 Å². The zero-order valence-electron chi connectivity index (χ0n) is 15.9. The molecule has 1 fully saturated rings. The molecule has 1 heterocycles. The Kier molecular flexibility index (Phi) is 5.30. The highest BCUT2D eigenvalue weighted by Crippen LogP contribution is 2.31. The van der Waals surface area contributed by atoms with Gasteiger partial charge in [-0.2, -0.15) is 0 Å². The Balaban J connectivity index is 1.74. The van der Waals surface area contributed by atoms with Gasteiger partial charge in [-0.05, 0) is 43.2 Å². The number of rotatable bonds is 5. The van der Waals surface area contributed by atoms with Gasteiger partial charge in [-0.1, -0.05) is 6.07 Å². The van der Waals surface area contributed by atoms with Crippen molar-refractivity contribution in [2.45, 2.75) is 20.3 Å². The molecule has 0 bridgehead atoms. The van der Waals surface area contributed by atoms with Crippen molar-refractivity contribution in [3.63, 3.8) is 0 Å². The molecule has 1 aliphatic rings. The maximum Gasteiger partial charge on any atom is 0.273 e. The van der Waals surface area contributed by atoms with E-state index >= 15 is 0 Å². The van der Waals surface area contributed by atoms with Crippen LogP contribution in [0.25, 0.3) is 0 Å². The van der Waals surface area contributed by atoms with Crippen LogP contribution in [-0.4, -0.2) is 30.4 Å². The summed E-state index contributed by atoms with van der Waals surface area (Å²) in [5.74, 6) is -0.766. The largest absolute Gasteiger partial charge is 0.494 e. The average molecular weight is 383 g/mol. The SMILES string of the molecule is COc1cc([N+](=O)[O-])ccc1NC(=O)C1CC(=O)N(c2ccc(C)c(C)c2)C1. The lowest BCUT2D eigenvalue weighted by Crippen LogP contribution is -2.28. The lowest BCUT2D eigenvalue weighted by atomic mass is 10.1. The van der Waals surface area contributed by atoms with Gasteiger partial charge in [0.1, 0.15) is 5.75 Å². The molecule has 0 saturated carbocycles. The van der Waals surface area contributed by atoms with E-state index in [4.69, 9.17) is 4.74 Å². The molecule has 2 aromatic rings. The fourth-order valence-electron chi connectivity index (χ4n) is 3.16. The molecule has 1 saturated heterocycles. The standard InChI is InChI=1S/C20H21N3O5/c1-12-4-5-15(8-13(12)2)22-11-14(9-19(22)24)20(25)21-17-7-6-16(23(26)27)10-18(17)28-3/h4-8,10,14H,9,11H2,1-3H3,(H,21,25). The first-order chi connectivity index (χ1) is 13.3. The molecule has 1 atom stereocenters. The highest BCUT2D eigenvalue weighted by Gasteiger charge is 2.35. The maximum atomic E-state index is 12.7. The minimum atomic E-state index is -0.537. The van der Waals surface area contributed by atoms with Crippen molar-refractivity contribution in [3.8, 4) is 5.75 Å². The number of hydrogen-bond acceptors (Lipinski definition) is 5. The highest BCUT2D eigenvalue weighted by atomic mass is 16.6. The first-order valence-corrected chi connectivity index (χ1v) is 8.81. The van der Waals surface area contributed by atoms with Gasteiger partial charge in [0.2, 0.25) is 11.8 Å². The van der Waals surface area contributed by atoms with Gasteiger partial charge in [0.15, 0.2) is 0 Å². The Bertz CT molecular complexity index is 957. The molecule has 1 N–H and O–H groups in total. The summed E-state index contributed by atoms with van der Waals surface area (Å²) in [5, 5.41) is 13.6. The van der Waals surface area contributed by atoms with Crippen molar-refractivity contribution < 1.29 is 19.2 Å². The summed E-state index contributed by atoms with van der Waals surface area (Å²) in [5.41, 5.74) is 3.18. The predicted molar refractivity (Wildman–Crippen MR) is 105 cm³/mol. The van der Waals surface area contributed by atoms with Crippen molar-refractivity contribution in [3.05, 3.63) is 57.6 Å². The molecule has 0 radical (unpaired) electrons. The molecule has 3 rings (SSSR count). The third kappa shape index (κ3) is 3.80. The zero-order chi connectivity index (χ0) is 20.4. The van der Waals surface area contributed by atoms with Crippen LogP contribution in [0.2, 0.25) is 0 Å². The summed E-state index contributed by atoms with van der Waals surface area (Å²) >= 11 is 0. The number of nitrogens with one attached hydrogen (secondary N) is 1. The lowest BCUT2D eigenvalue weighted by molar-refractivity contribution is -0.384. The Morgan fingerprint density at radius 2 is 1.96 bits per heavy atom. The van der Waals surface area contributed by atoms with E-state index in [2.05, 4.69) is 5.32 Å². The summed E-state index contributed by atoms with van der Waals surface area (Å²) in [7, 11) is 1.37. The minimum Gasteiger partial charge on any atom is -0.494 e. The van der Waals surface area contributed by atoms with Crippen LogP contribution in [0.1, 0.15) is 17.5 Å². The van der Waals surface area contributed by atoms with Crippen molar-refractivity contribution in [2.75, 3.05) is 23.9 Å². The number of amides is 2. The summed E-state index contributed by atoms with van der Waals surface area (Å²) in [6.07, 6.45) is 0.105. The molecule has 2 amide bonds. The van der Waals surface area contributed by atoms with Gasteiger partial charge in [0, 0.05) is 24.7 Å². The number of ether oxygens (including phenoxy) is 1. The van der Waals surface area contributed by atoms with Gasteiger partial charge in [0.05, 0.1) is 29.7 Å². The molecule has 0 aromatic heterocycles. The van der Waals surface area contributed by atoms with Crippen LogP contribution in [0.3, 0.4) is 0 Å². The van der Waals surface area contributed by atoms with Crippen LogP contribution in [-0.2, 0) is 9.59 Å². The fourth-order valence-corrected chi connectivity index (χ4v) is 3.16. The quantitative estimate of drug-likeness (QED) is 0.631. The van der Waals surface area contributed by atoms with E-state index in [1.165, 1.54) is 25.3 Å². The molecule has 1 aliphatic heterocycles. The van der Waals surface area contributed by atoms with E-state index < -0.39 is 10.8 Å². The van der Waals surface area contributed by atoms with E-state index in [1.807, 2.05) is 32.0 Å². The highest BCUT2D eigenvalue weighted by molar-refractivity contribution is 6.04. The van der Waals surface area contributed by atoms with Gasteiger partial charge < -0.3 is 15.0 Å². The second-order valence-corrected chi connectivity index (χ2v) is 6.80. The molecular weight excluding hydrogens is 362 g/mol. The molecule has 8 nitrogen and oxygen atoms in total. The number of aryl methyl sites for hydroxylation is 2. The Morgan fingerprint density at radius 3 is 2.61 bits per heavy atom. The molecule has 0 spiro atoms. The van der Waals surface area contributed by atoms with Crippen LogP contribution < -0.4 is 15.0 Å². The Labute approximate surface area is 162 Å². The first-order valence-electron chi connectivity index (χ1n) is 8.81. The number of hydrogen-bond donors (Lipinski definition) is 1. The molecule has 28 heavy (non-hydrogen) atoms. The Morgan fingerprint density at radius 1 is 1.21 bits per heavy atom. The third-order valence-corrected chi connectivity index (χ3v) is 4.95. The van der Waals surface area contributed by atoms with E-state index in [9.17, 15) is 19.7 Å². The zero-order valence-corrected chi connectivity index (χ0v) is 15.9. The number of carbonyl (C=O) groups is 2. The van der Waals surface area contributed by atoms with Crippen LogP contribution in [0, 0.1) is 29.9 Å². The number of methoxy groups -OCH3 is 1. The number of carbonyl (C=O) groups excluding carboxylic acids is 2. The van der Waals surface area contributed by atoms with Gasteiger partial charge >= 0.3 is 0 Å². The Hall–Kier alpha value is -3.42. The normalized spacial score (nSPS) is 16.2. The van der Waals surface area contributed by atoms with Crippen molar-refractivity contribution in [1.29, 1.82) is 0 Å². The van der Waals surface area contributed by atoms with Gasteiger partial charge in [0.25, 0.3) is 5.69 Å².